The maximum Gasteiger partial charge on any atom is 0.317 e. The van der Waals surface area contributed by atoms with Crippen LogP contribution in [-0.2, 0) is 14.3 Å². The van der Waals surface area contributed by atoms with Gasteiger partial charge in [0.2, 0.25) is 0 Å². The molecule has 0 saturated carbocycles. The van der Waals surface area contributed by atoms with Crippen LogP contribution in [0.5, 0.6) is 0 Å². The molecule has 0 atom stereocenters. The number of aliphatic carboxylic acids is 1. The minimum atomic E-state index is -1.13. The molecule has 0 rings (SSSR count). The van der Waals surface area contributed by atoms with Gasteiger partial charge in [-0.25, -0.2) is 0 Å². The Morgan fingerprint density at radius 2 is 0.758 bits per heavy atom. The summed E-state index contributed by atoms with van der Waals surface area (Å²) in [5, 5.41) is 8.48. The zero-order valence-electron chi connectivity index (χ0n) is 22.1. The van der Waals surface area contributed by atoms with Crippen LogP contribution in [0.3, 0.4) is 0 Å². The van der Waals surface area contributed by atoms with Gasteiger partial charge in [0.05, 0.1) is 6.61 Å². The molecule has 0 aliphatic rings. The predicted molar refractivity (Wildman–Crippen MR) is 140 cm³/mol. The van der Waals surface area contributed by atoms with Crippen molar-refractivity contribution in [3.63, 3.8) is 0 Å². The minimum Gasteiger partial charge on any atom is -0.481 e. The second-order valence-corrected chi connectivity index (χ2v) is 9.92. The van der Waals surface area contributed by atoms with E-state index in [-0.39, 0.29) is 0 Å². The molecular formula is C29H56O4. The van der Waals surface area contributed by atoms with Gasteiger partial charge in [-0.2, -0.15) is 0 Å². The van der Waals surface area contributed by atoms with E-state index in [2.05, 4.69) is 6.92 Å². The van der Waals surface area contributed by atoms with Gasteiger partial charge in [0.1, 0.15) is 6.42 Å². The first-order valence-corrected chi connectivity index (χ1v) is 14.5. The third kappa shape index (κ3) is 28.9. The maximum atomic E-state index is 11.1. The molecule has 0 aromatic rings. The number of hydrogen-bond acceptors (Lipinski definition) is 3. The molecule has 0 amide bonds. The van der Waals surface area contributed by atoms with Gasteiger partial charge in [0.25, 0.3) is 0 Å². The van der Waals surface area contributed by atoms with Crippen LogP contribution >= 0.6 is 0 Å². The van der Waals surface area contributed by atoms with Crippen molar-refractivity contribution in [3.05, 3.63) is 0 Å². The van der Waals surface area contributed by atoms with E-state index in [0.717, 1.165) is 12.8 Å². The number of carbonyl (C=O) groups is 2. The third-order valence-electron chi connectivity index (χ3n) is 6.56. The summed E-state index contributed by atoms with van der Waals surface area (Å²) in [6, 6.07) is 0. The van der Waals surface area contributed by atoms with Crippen LogP contribution in [0.25, 0.3) is 0 Å². The first-order chi connectivity index (χ1) is 16.2. The van der Waals surface area contributed by atoms with Crippen LogP contribution in [0.1, 0.15) is 167 Å². The van der Waals surface area contributed by atoms with E-state index >= 15 is 0 Å². The second kappa shape index (κ2) is 27.2. The molecule has 0 heterocycles. The molecule has 0 unspecified atom stereocenters. The summed E-state index contributed by atoms with van der Waals surface area (Å²) in [6.45, 7) is 2.64. The lowest BCUT2D eigenvalue weighted by atomic mass is 10.0. The summed E-state index contributed by atoms with van der Waals surface area (Å²) in [7, 11) is 0. The molecule has 0 saturated heterocycles. The maximum absolute atomic E-state index is 11.1. The average molecular weight is 469 g/mol. The Hall–Kier alpha value is -1.06. The van der Waals surface area contributed by atoms with Crippen LogP contribution < -0.4 is 0 Å². The number of carboxylic acids is 1. The first kappa shape index (κ1) is 31.9. The van der Waals surface area contributed by atoms with E-state index in [4.69, 9.17) is 9.84 Å². The van der Waals surface area contributed by atoms with Crippen LogP contribution in [0.15, 0.2) is 0 Å². The third-order valence-corrected chi connectivity index (χ3v) is 6.56. The van der Waals surface area contributed by atoms with Gasteiger partial charge < -0.3 is 9.84 Å². The molecule has 4 nitrogen and oxygen atoms in total. The van der Waals surface area contributed by atoms with Gasteiger partial charge >= 0.3 is 11.9 Å². The normalized spacial score (nSPS) is 11.1. The SMILES string of the molecule is CCCCCCCCCCCCCCCCCCCCCCCCCCOC(=O)CC(=O)O. The summed E-state index contributed by atoms with van der Waals surface area (Å²) in [4.78, 5) is 21.4. The van der Waals surface area contributed by atoms with Crippen molar-refractivity contribution in [2.24, 2.45) is 0 Å². The molecule has 0 aliphatic heterocycles. The van der Waals surface area contributed by atoms with Crippen LogP contribution in [0.4, 0.5) is 0 Å². The summed E-state index contributed by atoms with van der Waals surface area (Å²) < 4.78 is 4.88. The van der Waals surface area contributed by atoms with Crippen molar-refractivity contribution in [1.82, 2.24) is 0 Å². The zero-order valence-corrected chi connectivity index (χ0v) is 22.1. The molecule has 0 aromatic carbocycles. The number of esters is 1. The highest BCUT2D eigenvalue weighted by Crippen LogP contribution is 2.15. The van der Waals surface area contributed by atoms with E-state index in [1.165, 1.54) is 141 Å². The molecule has 0 fully saturated rings. The Morgan fingerprint density at radius 1 is 0.485 bits per heavy atom. The molecule has 196 valence electrons. The van der Waals surface area contributed by atoms with Crippen molar-refractivity contribution in [2.75, 3.05) is 6.61 Å². The number of unbranched alkanes of at least 4 members (excludes halogenated alkanes) is 23. The van der Waals surface area contributed by atoms with Gasteiger partial charge in [-0.3, -0.25) is 9.59 Å². The monoisotopic (exact) mass is 468 g/mol. The van der Waals surface area contributed by atoms with Gasteiger partial charge in [0, 0.05) is 0 Å². The zero-order chi connectivity index (χ0) is 24.2. The van der Waals surface area contributed by atoms with Crippen molar-refractivity contribution >= 4 is 11.9 Å². The Kier molecular flexibility index (Phi) is 26.3. The molecule has 0 radical (unpaired) electrons. The molecule has 0 aliphatic carbocycles. The fourth-order valence-corrected chi connectivity index (χ4v) is 4.42. The van der Waals surface area contributed by atoms with Crippen molar-refractivity contribution in [1.29, 1.82) is 0 Å². The highest BCUT2D eigenvalue weighted by atomic mass is 16.5. The Bertz CT molecular complexity index is 422. The largest absolute Gasteiger partial charge is 0.481 e. The van der Waals surface area contributed by atoms with E-state index < -0.39 is 18.4 Å². The summed E-state index contributed by atoms with van der Waals surface area (Å²) in [5.74, 6) is -1.75. The highest BCUT2D eigenvalue weighted by molar-refractivity contribution is 5.90. The number of carboxylic acid groups (broad SMARTS) is 1. The number of carbonyl (C=O) groups excluding carboxylic acids is 1. The van der Waals surface area contributed by atoms with Gasteiger partial charge in [-0.15, -0.1) is 0 Å². The van der Waals surface area contributed by atoms with Crippen LogP contribution in [-0.4, -0.2) is 23.7 Å². The lowest BCUT2D eigenvalue weighted by Crippen LogP contribution is -2.11. The van der Waals surface area contributed by atoms with Gasteiger partial charge in [-0.05, 0) is 6.42 Å². The number of hydrogen-bond donors (Lipinski definition) is 1. The molecule has 4 heteroatoms. The summed E-state index contributed by atoms with van der Waals surface area (Å²) in [6.07, 6.45) is 32.2. The fourth-order valence-electron chi connectivity index (χ4n) is 4.42. The summed E-state index contributed by atoms with van der Waals surface area (Å²) in [5.41, 5.74) is 0. The van der Waals surface area contributed by atoms with Crippen molar-refractivity contribution in [3.8, 4) is 0 Å². The Balaban J connectivity index is 3.06. The van der Waals surface area contributed by atoms with Crippen LogP contribution in [0.2, 0.25) is 0 Å². The van der Waals surface area contributed by atoms with Gasteiger partial charge in [0.15, 0.2) is 0 Å². The topological polar surface area (TPSA) is 63.6 Å². The van der Waals surface area contributed by atoms with E-state index in [0.29, 0.717) is 6.61 Å². The van der Waals surface area contributed by atoms with Gasteiger partial charge in [-0.1, -0.05) is 155 Å². The lowest BCUT2D eigenvalue weighted by Gasteiger charge is -2.05. The van der Waals surface area contributed by atoms with Crippen molar-refractivity contribution in [2.45, 2.75) is 167 Å². The quantitative estimate of drug-likeness (QED) is 0.0740. The molecular weight excluding hydrogens is 412 g/mol. The number of ether oxygens (including phenoxy) is 1. The van der Waals surface area contributed by atoms with E-state index in [1.54, 1.807) is 0 Å². The molecule has 0 aromatic heterocycles. The summed E-state index contributed by atoms with van der Waals surface area (Å²) >= 11 is 0. The van der Waals surface area contributed by atoms with E-state index in [1.807, 2.05) is 0 Å². The lowest BCUT2D eigenvalue weighted by molar-refractivity contribution is -0.151. The Labute approximate surface area is 205 Å². The second-order valence-electron chi connectivity index (χ2n) is 9.92. The fraction of sp³-hybridized carbons (Fsp3) is 0.931. The molecule has 1 N–H and O–H groups in total. The van der Waals surface area contributed by atoms with Crippen molar-refractivity contribution < 1.29 is 19.4 Å². The highest BCUT2D eigenvalue weighted by Gasteiger charge is 2.07. The van der Waals surface area contributed by atoms with Crippen LogP contribution in [0, 0.1) is 0 Å². The smallest absolute Gasteiger partial charge is 0.317 e. The van der Waals surface area contributed by atoms with E-state index in [9.17, 15) is 9.59 Å². The molecule has 0 spiro atoms. The Morgan fingerprint density at radius 3 is 1.03 bits per heavy atom. The average Bonchev–Trinajstić information content (AvgIpc) is 2.78. The minimum absolute atomic E-state index is 0.353. The standard InChI is InChI=1S/C29H56O4/c1-2-3-4-5-6-7-8-9-10-11-12-13-14-15-16-17-18-19-20-21-22-23-24-25-26-33-29(32)27-28(30)31/h2-27H2,1H3,(H,30,31). The predicted octanol–water partition coefficient (Wildman–Crippen LogP) is 9.39. The number of rotatable bonds is 27. The molecule has 33 heavy (non-hydrogen) atoms. The molecule has 0 bridgehead atoms. The first-order valence-electron chi connectivity index (χ1n) is 14.5.